The first kappa shape index (κ1) is 11.4. The molecule has 2 atom stereocenters. The standard InChI is InChI=1S/C12H16N4O2/c1-10(2)11(3)4-5-12(10,8(17)18)7-6(11)14-9(13)16-15-7/h4-5H2,1-3H3,(H,17,18)(H2,13,14,16). The van der Waals surface area contributed by atoms with E-state index in [9.17, 15) is 9.90 Å². The van der Waals surface area contributed by atoms with Crippen LogP contribution in [0.15, 0.2) is 0 Å². The lowest BCUT2D eigenvalue weighted by Crippen LogP contribution is -2.45. The summed E-state index contributed by atoms with van der Waals surface area (Å²) in [4.78, 5) is 16.1. The summed E-state index contributed by atoms with van der Waals surface area (Å²) < 4.78 is 0. The molecule has 1 aromatic rings. The van der Waals surface area contributed by atoms with Crippen LogP contribution in [0.5, 0.6) is 0 Å². The largest absolute Gasteiger partial charge is 0.481 e. The third-order valence-electron chi connectivity index (χ3n) is 5.44. The zero-order valence-corrected chi connectivity index (χ0v) is 10.7. The summed E-state index contributed by atoms with van der Waals surface area (Å²) in [6.07, 6.45) is 1.37. The van der Waals surface area contributed by atoms with Gasteiger partial charge in [0.05, 0.1) is 5.69 Å². The summed E-state index contributed by atoms with van der Waals surface area (Å²) in [7, 11) is 0. The maximum Gasteiger partial charge on any atom is 0.316 e. The predicted octanol–water partition coefficient (Wildman–Crippen LogP) is 0.867. The van der Waals surface area contributed by atoms with Gasteiger partial charge in [0.15, 0.2) is 0 Å². The van der Waals surface area contributed by atoms with Crippen LogP contribution in [-0.2, 0) is 15.6 Å². The number of carbonyl (C=O) groups is 1. The highest BCUT2D eigenvalue weighted by Crippen LogP contribution is 2.69. The van der Waals surface area contributed by atoms with Gasteiger partial charge in [-0.3, -0.25) is 4.79 Å². The van der Waals surface area contributed by atoms with Gasteiger partial charge in [0, 0.05) is 5.41 Å². The summed E-state index contributed by atoms with van der Waals surface area (Å²) >= 11 is 0. The van der Waals surface area contributed by atoms with Crippen LogP contribution < -0.4 is 5.73 Å². The number of nitrogens with zero attached hydrogens (tertiary/aromatic N) is 3. The SMILES string of the molecule is CC12CCC(C(=O)O)(c3nnc(N)nc31)C2(C)C. The van der Waals surface area contributed by atoms with Crippen molar-refractivity contribution in [3.8, 4) is 0 Å². The maximum atomic E-state index is 11.9. The van der Waals surface area contributed by atoms with Crippen molar-refractivity contribution in [1.29, 1.82) is 0 Å². The fraction of sp³-hybridized carbons (Fsp3) is 0.667. The lowest BCUT2D eigenvalue weighted by molar-refractivity contribution is -0.148. The first-order chi connectivity index (χ1) is 8.27. The van der Waals surface area contributed by atoms with Crippen molar-refractivity contribution in [1.82, 2.24) is 15.2 Å². The second-order valence-electron chi connectivity index (χ2n) is 6.03. The fourth-order valence-electron chi connectivity index (χ4n) is 3.85. The summed E-state index contributed by atoms with van der Waals surface area (Å²) in [5.41, 5.74) is 5.09. The molecule has 0 aromatic carbocycles. The zero-order chi connectivity index (χ0) is 13.3. The Labute approximate surface area is 105 Å². The average Bonchev–Trinajstić information content (AvgIpc) is 2.57. The van der Waals surface area contributed by atoms with Gasteiger partial charge in [-0.05, 0) is 18.3 Å². The molecule has 3 N–H and O–H groups in total. The third-order valence-corrected chi connectivity index (χ3v) is 5.44. The van der Waals surface area contributed by atoms with Crippen LogP contribution in [-0.4, -0.2) is 26.3 Å². The maximum absolute atomic E-state index is 11.9. The monoisotopic (exact) mass is 248 g/mol. The quantitative estimate of drug-likeness (QED) is 0.764. The van der Waals surface area contributed by atoms with E-state index >= 15 is 0 Å². The number of hydrogen-bond donors (Lipinski definition) is 2. The van der Waals surface area contributed by atoms with Crippen LogP contribution in [0, 0.1) is 5.41 Å². The molecule has 2 bridgehead atoms. The second kappa shape index (κ2) is 2.81. The fourth-order valence-corrected chi connectivity index (χ4v) is 3.85. The molecule has 18 heavy (non-hydrogen) atoms. The second-order valence-corrected chi connectivity index (χ2v) is 6.03. The van der Waals surface area contributed by atoms with Crippen molar-refractivity contribution in [3.63, 3.8) is 0 Å². The van der Waals surface area contributed by atoms with Crippen LogP contribution in [0.1, 0.15) is 45.0 Å². The molecule has 0 amide bonds. The topological polar surface area (TPSA) is 102 Å². The number of carboxylic acids is 1. The molecule has 1 fully saturated rings. The lowest BCUT2D eigenvalue weighted by atomic mass is 9.64. The van der Waals surface area contributed by atoms with Gasteiger partial charge in [-0.25, -0.2) is 4.98 Å². The Balaban J connectivity index is 2.40. The Morgan fingerprint density at radius 2 is 1.89 bits per heavy atom. The van der Waals surface area contributed by atoms with Crippen molar-refractivity contribution >= 4 is 11.9 Å². The van der Waals surface area contributed by atoms with Crippen molar-refractivity contribution in [3.05, 3.63) is 11.4 Å². The van der Waals surface area contributed by atoms with Gasteiger partial charge in [0.2, 0.25) is 5.95 Å². The van der Waals surface area contributed by atoms with E-state index in [1.807, 2.05) is 13.8 Å². The Bertz CT molecular complexity index is 571. The van der Waals surface area contributed by atoms with Gasteiger partial charge >= 0.3 is 5.97 Å². The Kier molecular flexibility index (Phi) is 1.78. The highest BCUT2D eigenvalue weighted by atomic mass is 16.4. The van der Waals surface area contributed by atoms with Gasteiger partial charge in [0.25, 0.3) is 0 Å². The molecule has 6 heteroatoms. The molecule has 2 aliphatic carbocycles. The predicted molar refractivity (Wildman–Crippen MR) is 63.9 cm³/mol. The highest BCUT2D eigenvalue weighted by Gasteiger charge is 2.73. The molecule has 0 radical (unpaired) electrons. The molecular formula is C12H16N4O2. The minimum Gasteiger partial charge on any atom is -0.481 e. The van der Waals surface area contributed by atoms with E-state index in [2.05, 4.69) is 22.1 Å². The van der Waals surface area contributed by atoms with E-state index in [1.165, 1.54) is 0 Å². The summed E-state index contributed by atoms with van der Waals surface area (Å²) in [6, 6.07) is 0. The minimum absolute atomic E-state index is 0.110. The molecule has 0 aliphatic heterocycles. The molecule has 6 nitrogen and oxygen atoms in total. The number of rotatable bonds is 1. The lowest BCUT2D eigenvalue weighted by Gasteiger charge is -2.37. The smallest absolute Gasteiger partial charge is 0.316 e. The van der Waals surface area contributed by atoms with Gasteiger partial charge in [-0.1, -0.05) is 20.8 Å². The molecule has 1 saturated carbocycles. The number of anilines is 1. The van der Waals surface area contributed by atoms with Crippen LogP contribution in [0.3, 0.4) is 0 Å². The highest BCUT2D eigenvalue weighted by molar-refractivity contribution is 5.86. The van der Waals surface area contributed by atoms with E-state index in [0.29, 0.717) is 17.8 Å². The molecule has 1 aromatic heterocycles. The molecule has 0 spiro atoms. The first-order valence-electron chi connectivity index (χ1n) is 6.02. The number of nitrogens with two attached hydrogens (primary N) is 1. The summed E-state index contributed by atoms with van der Waals surface area (Å²) in [5.74, 6) is -0.727. The van der Waals surface area contributed by atoms with Gasteiger partial charge in [-0.15, -0.1) is 10.2 Å². The van der Waals surface area contributed by atoms with Gasteiger partial charge in [0.1, 0.15) is 11.1 Å². The van der Waals surface area contributed by atoms with Crippen molar-refractivity contribution in [2.75, 3.05) is 5.73 Å². The zero-order valence-electron chi connectivity index (χ0n) is 10.7. The third kappa shape index (κ3) is 0.855. The summed E-state index contributed by atoms with van der Waals surface area (Å²) in [6.45, 7) is 6.01. The van der Waals surface area contributed by atoms with Gasteiger partial charge < -0.3 is 10.8 Å². The average molecular weight is 248 g/mol. The number of hydrogen-bond acceptors (Lipinski definition) is 5. The van der Waals surface area contributed by atoms with Crippen LogP contribution in [0.25, 0.3) is 0 Å². The van der Waals surface area contributed by atoms with E-state index in [0.717, 1.165) is 6.42 Å². The number of aliphatic carboxylic acids is 1. The normalized spacial score (nSPS) is 35.5. The van der Waals surface area contributed by atoms with E-state index in [4.69, 9.17) is 5.73 Å². The molecule has 2 unspecified atom stereocenters. The molecule has 0 saturated heterocycles. The number of nitrogen functional groups attached to an aromatic ring is 1. The molecule has 96 valence electrons. The Hall–Kier alpha value is -1.72. The van der Waals surface area contributed by atoms with Crippen LogP contribution in [0.2, 0.25) is 0 Å². The number of fused-ring (bicyclic) bond motifs is 5. The molecular weight excluding hydrogens is 232 g/mol. The number of carboxylic acid groups (broad SMARTS) is 1. The molecule has 2 aliphatic rings. The minimum atomic E-state index is -0.981. The molecule has 1 heterocycles. The first-order valence-corrected chi connectivity index (χ1v) is 6.02. The van der Waals surface area contributed by atoms with Gasteiger partial charge in [-0.2, -0.15) is 0 Å². The van der Waals surface area contributed by atoms with E-state index < -0.39 is 16.8 Å². The Morgan fingerprint density at radius 3 is 2.50 bits per heavy atom. The Morgan fingerprint density at radius 1 is 1.22 bits per heavy atom. The number of aromatic nitrogens is 3. The van der Waals surface area contributed by atoms with Crippen molar-refractivity contribution < 1.29 is 9.90 Å². The van der Waals surface area contributed by atoms with Crippen molar-refractivity contribution in [2.24, 2.45) is 5.41 Å². The van der Waals surface area contributed by atoms with Crippen LogP contribution in [0.4, 0.5) is 5.95 Å². The molecule has 3 rings (SSSR count). The van der Waals surface area contributed by atoms with Crippen molar-refractivity contribution in [2.45, 2.75) is 44.4 Å². The summed E-state index contributed by atoms with van der Waals surface area (Å²) in [5, 5.41) is 17.5. The van der Waals surface area contributed by atoms with Crippen LogP contribution >= 0.6 is 0 Å². The van der Waals surface area contributed by atoms with E-state index in [1.54, 1.807) is 0 Å². The van der Waals surface area contributed by atoms with E-state index in [-0.39, 0.29) is 11.4 Å².